The minimum atomic E-state index is -2.94. The standard InChI is InChI=1S/C36H46N3O7PS/c1-45-34(42)25-37-35(43)31(26-48)39-33(41)23-22-30(36(44)46-2)38-32(40)21-13-14-24-47(3,27-15-7-4-8-16-27,28-17-9-5-10-18-28)29-19-11-6-12-20-29/h4-12,15-20,30-31,48H,13-14,21-26H2,1-3H3,(H,37,43)(H,38,40)(H,39,41)/t30-,31-/m1/s1. The zero-order chi connectivity index (χ0) is 35.0. The van der Waals surface area contributed by atoms with E-state index in [9.17, 15) is 24.0 Å². The predicted octanol–water partition coefficient (Wildman–Crippen LogP) is 2.46. The summed E-state index contributed by atoms with van der Waals surface area (Å²) in [6, 6.07) is 29.7. The number of benzene rings is 3. The molecule has 0 aromatic heterocycles. The van der Waals surface area contributed by atoms with Gasteiger partial charge in [-0.05, 0) is 0 Å². The van der Waals surface area contributed by atoms with Gasteiger partial charge in [-0.1, -0.05) is 0 Å². The number of ether oxygens (including phenoxy) is 2. The summed E-state index contributed by atoms with van der Waals surface area (Å²) in [6.45, 7) is -0.895. The summed E-state index contributed by atoms with van der Waals surface area (Å²) in [6.07, 6.45) is 2.18. The molecule has 0 bridgehead atoms. The van der Waals surface area contributed by atoms with Crippen LogP contribution >= 0.6 is 19.2 Å². The number of methoxy groups -OCH3 is 2. The Kier molecular flexibility index (Phi) is 14.6. The molecule has 258 valence electrons. The monoisotopic (exact) mass is 695 g/mol. The van der Waals surface area contributed by atoms with Crippen LogP contribution in [0, 0.1) is 0 Å². The van der Waals surface area contributed by atoms with Gasteiger partial charge < -0.3 is 10.1 Å². The molecule has 0 spiro atoms. The molecule has 0 unspecified atom stereocenters. The molecule has 3 aromatic carbocycles. The van der Waals surface area contributed by atoms with Gasteiger partial charge in [0.2, 0.25) is 5.91 Å². The van der Waals surface area contributed by atoms with Crippen LogP contribution in [-0.2, 0) is 33.4 Å². The average Bonchev–Trinajstić information content (AvgIpc) is 3.13. The van der Waals surface area contributed by atoms with Crippen molar-refractivity contribution >= 4 is 64.8 Å². The van der Waals surface area contributed by atoms with Crippen LogP contribution in [0.3, 0.4) is 0 Å². The van der Waals surface area contributed by atoms with Gasteiger partial charge in [-0.15, -0.1) is 0 Å². The number of thiol groups is 1. The van der Waals surface area contributed by atoms with Crippen LogP contribution in [-0.4, -0.2) is 81.1 Å². The van der Waals surface area contributed by atoms with Gasteiger partial charge in [-0.2, -0.15) is 12.6 Å². The molecule has 0 aliphatic rings. The van der Waals surface area contributed by atoms with Crippen molar-refractivity contribution in [3.05, 3.63) is 91.0 Å². The van der Waals surface area contributed by atoms with Crippen LogP contribution in [0.4, 0.5) is 0 Å². The van der Waals surface area contributed by atoms with Crippen molar-refractivity contribution in [3.63, 3.8) is 0 Å². The molecule has 12 heteroatoms. The maximum absolute atomic E-state index is 13.1. The van der Waals surface area contributed by atoms with Gasteiger partial charge >= 0.3 is 231 Å². The Hall–Kier alpha value is -4.21. The molecule has 0 saturated carbocycles. The molecule has 3 rings (SSSR count). The topological polar surface area (TPSA) is 140 Å². The van der Waals surface area contributed by atoms with E-state index in [1.54, 1.807) is 0 Å². The fraction of sp³-hybridized carbons (Fsp3) is 0.361. The molecule has 0 radical (unpaired) electrons. The Morgan fingerprint density at radius 1 is 0.688 bits per heavy atom. The van der Waals surface area contributed by atoms with Gasteiger partial charge in [0, 0.05) is 5.75 Å². The van der Waals surface area contributed by atoms with Gasteiger partial charge in [0.1, 0.15) is 6.54 Å². The maximum atomic E-state index is 13.1. The van der Waals surface area contributed by atoms with Crippen LogP contribution in [0.2, 0.25) is 0 Å². The molecule has 3 N–H and O–H groups in total. The summed E-state index contributed by atoms with van der Waals surface area (Å²) in [5.41, 5.74) is 0. The second-order valence-electron chi connectivity index (χ2n) is 11.8. The van der Waals surface area contributed by atoms with Crippen molar-refractivity contribution in [2.24, 2.45) is 0 Å². The van der Waals surface area contributed by atoms with Crippen LogP contribution in [0.1, 0.15) is 32.1 Å². The number of carbonyl (C=O) groups excluding carboxylic acids is 5. The number of hydrogen-bond acceptors (Lipinski definition) is 8. The van der Waals surface area contributed by atoms with E-state index in [1.807, 2.05) is 18.2 Å². The van der Waals surface area contributed by atoms with Crippen molar-refractivity contribution in [3.8, 4) is 0 Å². The third-order valence-electron chi connectivity index (χ3n) is 8.69. The number of rotatable bonds is 18. The van der Waals surface area contributed by atoms with Gasteiger partial charge in [0.25, 0.3) is 0 Å². The molecule has 0 aliphatic heterocycles. The van der Waals surface area contributed by atoms with Crippen LogP contribution in [0.5, 0.6) is 0 Å². The number of hydrogen-bond donors (Lipinski definition) is 4. The van der Waals surface area contributed by atoms with E-state index in [0.29, 0.717) is 6.42 Å². The van der Waals surface area contributed by atoms with E-state index < -0.39 is 42.4 Å². The number of nitrogens with one attached hydrogen (secondary N) is 3. The van der Waals surface area contributed by atoms with Crippen molar-refractivity contribution < 1.29 is 33.4 Å². The quantitative estimate of drug-likeness (QED) is 0.0694. The Bertz CT molecular complexity index is 1430. The molecule has 48 heavy (non-hydrogen) atoms. The van der Waals surface area contributed by atoms with Crippen molar-refractivity contribution in [2.75, 3.05) is 39.3 Å². The number of amides is 3. The zero-order valence-electron chi connectivity index (χ0n) is 27.7. The summed E-state index contributed by atoms with van der Waals surface area (Å²) in [5.74, 6) is -2.78. The first-order chi connectivity index (χ1) is 23.1. The second-order valence-corrected chi connectivity index (χ2v) is 17.7. The van der Waals surface area contributed by atoms with E-state index >= 15 is 0 Å². The first kappa shape index (κ1) is 38.2. The fourth-order valence-electron chi connectivity index (χ4n) is 5.87. The molecule has 0 fully saturated rings. The first-order valence-corrected chi connectivity index (χ1v) is 19.4. The van der Waals surface area contributed by atoms with E-state index in [-0.39, 0.29) is 37.5 Å². The van der Waals surface area contributed by atoms with E-state index in [2.05, 4.69) is 113 Å². The zero-order valence-corrected chi connectivity index (χ0v) is 29.5. The summed E-state index contributed by atoms with van der Waals surface area (Å²) in [7, 11) is 2.41. The summed E-state index contributed by atoms with van der Waals surface area (Å²) >= 11 is 4.10. The van der Waals surface area contributed by atoms with Crippen LogP contribution in [0.25, 0.3) is 0 Å². The second kappa shape index (κ2) is 18.4. The molecule has 3 aromatic rings. The van der Waals surface area contributed by atoms with Crippen LogP contribution in [0.15, 0.2) is 91.0 Å². The summed E-state index contributed by atoms with van der Waals surface area (Å²) in [5, 5.41) is 11.4. The van der Waals surface area contributed by atoms with Gasteiger partial charge in [0.15, 0.2) is 0 Å². The molecular weight excluding hydrogens is 649 g/mol. The normalized spacial score (nSPS) is 13.1. The Balaban J connectivity index is 1.65. The van der Waals surface area contributed by atoms with Crippen molar-refractivity contribution in [1.29, 1.82) is 0 Å². The van der Waals surface area contributed by atoms with Gasteiger partial charge in [-0.3, -0.25) is 9.59 Å². The minimum absolute atomic E-state index is 0.0170. The van der Waals surface area contributed by atoms with E-state index in [0.717, 1.165) is 12.6 Å². The predicted molar refractivity (Wildman–Crippen MR) is 194 cm³/mol. The Labute approximate surface area is 288 Å². The fourth-order valence-corrected chi connectivity index (χ4v) is 11.7. The Morgan fingerprint density at radius 2 is 1.17 bits per heavy atom. The van der Waals surface area contributed by atoms with Crippen LogP contribution < -0.4 is 31.9 Å². The molecule has 0 saturated heterocycles. The van der Waals surface area contributed by atoms with E-state index in [4.69, 9.17) is 4.74 Å². The third kappa shape index (κ3) is 9.67. The van der Waals surface area contributed by atoms with E-state index in [1.165, 1.54) is 30.1 Å². The first-order valence-electron chi connectivity index (χ1n) is 15.9. The molecule has 0 aliphatic carbocycles. The summed E-state index contributed by atoms with van der Waals surface area (Å²) in [4.78, 5) is 61.8. The number of esters is 2. The molecule has 10 nitrogen and oxygen atoms in total. The van der Waals surface area contributed by atoms with Gasteiger partial charge in [-0.25, -0.2) is 0 Å². The third-order valence-corrected chi connectivity index (χ3v) is 15.6. The van der Waals surface area contributed by atoms with Gasteiger partial charge in [0.05, 0.1) is 7.11 Å². The molecule has 3 amide bonds. The Morgan fingerprint density at radius 3 is 1.62 bits per heavy atom. The molecule has 0 heterocycles. The molecule has 2 atom stereocenters. The number of carbonyl (C=O) groups is 5. The van der Waals surface area contributed by atoms with Crippen molar-refractivity contribution in [1.82, 2.24) is 16.0 Å². The van der Waals surface area contributed by atoms with Crippen molar-refractivity contribution in [2.45, 2.75) is 44.2 Å². The SMILES string of the molecule is COC(=O)CNC(=O)[C@@H](CS)NC(=O)CC[C@@H](NC(=O)CCCCP(C)(c1ccccc1)(c1ccccc1)c1ccccc1)C(=O)OC. The molecular formula is C36H46N3O7PS. The average molecular weight is 696 g/mol. The number of unbranched alkanes of at least 4 members (excludes halogenated alkanes) is 1. The summed E-state index contributed by atoms with van der Waals surface area (Å²) < 4.78 is 9.37.